The van der Waals surface area contributed by atoms with Crippen molar-refractivity contribution >= 4 is 5.91 Å². The molecule has 0 aromatic carbocycles. The molecule has 0 heterocycles. The number of carbonyl (C=O) groups excluding carboxylic acids is 1. The van der Waals surface area contributed by atoms with Crippen molar-refractivity contribution in [3.63, 3.8) is 0 Å². The highest BCUT2D eigenvalue weighted by Gasteiger charge is 2.00. The maximum Gasteiger partial charge on any atom is 0.232 e. The van der Waals surface area contributed by atoms with Crippen molar-refractivity contribution in [3.05, 3.63) is 0 Å². The number of rotatable bonds is 6. The van der Waals surface area contributed by atoms with Crippen LogP contribution < -0.4 is 5.32 Å². The highest BCUT2D eigenvalue weighted by molar-refractivity contribution is 5.78. The molecule has 0 aliphatic heterocycles. The molecule has 0 radical (unpaired) electrons. The number of nitrogens with one attached hydrogen (secondary N) is 1. The molecule has 3 nitrogen and oxygen atoms in total. The van der Waals surface area contributed by atoms with Crippen LogP contribution in [0, 0.1) is 18.3 Å². The van der Waals surface area contributed by atoms with Gasteiger partial charge >= 0.3 is 0 Å². The predicted octanol–water partition coefficient (Wildman–Crippen LogP) is 0.534. The normalized spacial score (nSPS) is 11.8. The number of hydrogen-bond donors (Lipinski definition) is 2. The van der Waals surface area contributed by atoms with Gasteiger partial charge in [-0.15, -0.1) is 6.42 Å². The summed E-state index contributed by atoms with van der Waals surface area (Å²) in [5.74, 6) is 2.49. The van der Waals surface area contributed by atoms with E-state index >= 15 is 0 Å². The Morgan fingerprint density at radius 3 is 2.92 bits per heavy atom. The third-order valence-corrected chi connectivity index (χ3v) is 1.77. The largest absolute Gasteiger partial charge is 0.396 e. The molecule has 0 rings (SSSR count). The summed E-state index contributed by atoms with van der Waals surface area (Å²) in [6, 6.07) is 0. The molecular formula is C10H17NO2. The van der Waals surface area contributed by atoms with Gasteiger partial charge in [0.25, 0.3) is 0 Å². The van der Waals surface area contributed by atoms with Crippen LogP contribution in [-0.4, -0.2) is 24.2 Å². The zero-order valence-electron chi connectivity index (χ0n) is 8.05. The van der Waals surface area contributed by atoms with Crippen LogP contribution in [0.1, 0.15) is 26.2 Å². The molecule has 1 unspecified atom stereocenters. The molecule has 2 N–H and O–H groups in total. The molecule has 0 saturated heterocycles. The third-order valence-electron chi connectivity index (χ3n) is 1.77. The third kappa shape index (κ3) is 7.35. The van der Waals surface area contributed by atoms with Crippen molar-refractivity contribution in [1.82, 2.24) is 5.32 Å². The quantitative estimate of drug-likeness (QED) is 0.466. The summed E-state index contributed by atoms with van der Waals surface area (Å²) >= 11 is 0. The minimum Gasteiger partial charge on any atom is -0.396 e. The van der Waals surface area contributed by atoms with Gasteiger partial charge in [0.15, 0.2) is 0 Å². The highest BCUT2D eigenvalue weighted by Crippen LogP contribution is 2.02. The van der Waals surface area contributed by atoms with Crippen LogP contribution in [0.15, 0.2) is 0 Å². The van der Waals surface area contributed by atoms with Gasteiger partial charge in [-0.1, -0.05) is 12.8 Å². The van der Waals surface area contributed by atoms with Crippen LogP contribution in [0.5, 0.6) is 0 Å². The fraction of sp³-hybridized carbons (Fsp3) is 0.700. The van der Waals surface area contributed by atoms with Crippen LogP contribution in [0.3, 0.4) is 0 Å². The Bertz CT molecular complexity index is 184. The number of aliphatic hydroxyl groups is 1. The zero-order chi connectivity index (χ0) is 10.1. The summed E-state index contributed by atoms with van der Waals surface area (Å²) in [4.78, 5) is 10.9. The first-order valence-electron chi connectivity index (χ1n) is 4.51. The second-order valence-electron chi connectivity index (χ2n) is 3.16. The van der Waals surface area contributed by atoms with E-state index in [1.54, 1.807) is 0 Å². The Labute approximate surface area is 79.5 Å². The van der Waals surface area contributed by atoms with Crippen LogP contribution in [0.25, 0.3) is 0 Å². The molecule has 0 fully saturated rings. The molecular weight excluding hydrogens is 166 g/mol. The summed E-state index contributed by atoms with van der Waals surface area (Å²) < 4.78 is 0. The van der Waals surface area contributed by atoms with Gasteiger partial charge in [-0.2, -0.15) is 0 Å². The predicted molar refractivity (Wildman–Crippen MR) is 51.9 cm³/mol. The second-order valence-corrected chi connectivity index (χ2v) is 3.16. The Hall–Kier alpha value is -1.01. The molecule has 1 atom stereocenters. The van der Waals surface area contributed by atoms with Crippen LogP contribution >= 0.6 is 0 Å². The lowest BCUT2D eigenvalue weighted by molar-refractivity contribution is -0.120. The number of hydrogen-bond acceptors (Lipinski definition) is 2. The number of carbonyl (C=O) groups is 1. The van der Waals surface area contributed by atoms with E-state index in [4.69, 9.17) is 11.5 Å². The van der Waals surface area contributed by atoms with E-state index < -0.39 is 0 Å². The van der Waals surface area contributed by atoms with Gasteiger partial charge in [0, 0.05) is 13.2 Å². The van der Waals surface area contributed by atoms with E-state index in [-0.39, 0.29) is 18.9 Å². The van der Waals surface area contributed by atoms with E-state index in [2.05, 4.69) is 11.2 Å². The second kappa shape index (κ2) is 7.63. The van der Waals surface area contributed by atoms with Crippen molar-refractivity contribution < 1.29 is 9.90 Å². The monoisotopic (exact) mass is 183 g/mol. The fourth-order valence-electron chi connectivity index (χ4n) is 0.925. The van der Waals surface area contributed by atoms with Gasteiger partial charge in [-0.3, -0.25) is 4.79 Å². The first kappa shape index (κ1) is 12.0. The van der Waals surface area contributed by atoms with Gasteiger partial charge in [0.1, 0.15) is 0 Å². The summed E-state index contributed by atoms with van der Waals surface area (Å²) in [5, 5.41) is 11.4. The van der Waals surface area contributed by atoms with Gasteiger partial charge in [0.2, 0.25) is 5.91 Å². The Balaban J connectivity index is 3.26. The average molecular weight is 183 g/mol. The lowest BCUT2D eigenvalue weighted by Crippen LogP contribution is -2.24. The maximum atomic E-state index is 10.9. The standard InChI is InChI=1S/C10H17NO2/c1-3-5-10(13)11-7-4-6-9(2)8-12/h1,9,12H,4-8H2,2H3,(H,11,13). The van der Waals surface area contributed by atoms with E-state index in [1.807, 2.05) is 6.92 Å². The van der Waals surface area contributed by atoms with Gasteiger partial charge in [-0.05, 0) is 18.8 Å². The van der Waals surface area contributed by atoms with E-state index in [9.17, 15) is 4.79 Å². The van der Waals surface area contributed by atoms with Crippen molar-refractivity contribution in [2.45, 2.75) is 26.2 Å². The molecule has 74 valence electrons. The fourth-order valence-corrected chi connectivity index (χ4v) is 0.925. The number of terminal acetylenes is 1. The summed E-state index contributed by atoms with van der Waals surface area (Å²) in [6.07, 6.45) is 6.92. The lowest BCUT2D eigenvalue weighted by Gasteiger charge is -2.07. The minimum absolute atomic E-state index is 0.0980. The van der Waals surface area contributed by atoms with Crippen LogP contribution in [-0.2, 0) is 4.79 Å². The van der Waals surface area contributed by atoms with E-state index in [0.717, 1.165) is 12.8 Å². The lowest BCUT2D eigenvalue weighted by atomic mass is 10.1. The maximum absolute atomic E-state index is 10.9. The number of amides is 1. The molecule has 3 heteroatoms. The van der Waals surface area contributed by atoms with E-state index in [1.165, 1.54) is 0 Å². The molecule has 0 aromatic heterocycles. The molecule has 13 heavy (non-hydrogen) atoms. The zero-order valence-corrected chi connectivity index (χ0v) is 8.05. The first-order valence-corrected chi connectivity index (χ1v) is 4.51. The Kier molecular flexibility index (Phi) is 7.04. The molecule has 0 saturated carbocycles. The number of aliphatic hydroxyl groups excluding tert-OH is 1. The SMILES string of the molecule is C#CCC(=O)NCCCC(C)CO. The molecule has 0 bridgehead atoms. The molecule has 0 aliphatic carbocycles. The van der Waals surface area contributed by atoms with Gasteiger partial charge < -0.3 is 10.4 Å². The first-order chi connectivity index (χ1) is 6.20. The van der Waals surface area contributed by atoms with Crippen LogP contribution in [0.4, 0.5) is 0 Å². The topological polar surface area (TPSA) is 49.3 Å². The van der Waals surface area contributed by atoms with Gasteiger partial charge in [0.05, 0.1) is 6.42 Å². The molecule has 1 amide bonds. The summed E-state index contributed by atoms with van der Waals surface area (Å²) in [7, 11) is 0. The molecule has 0 spiro atoms. The summed E-state index contributed by atoms with van der Waals surface area (Å²) in [6.45, 7) is 2.83. The van der Waals surface area contributed by atoms with Crippen LogP contribution in [0.2, 0.25) is 0 Å². The molecule has 0 aliphatic rings. The molecule has 0 aromatic rings. The summed E-state index contributed by atoms with van der Waals surface area (Å²) in [5.41, 5.74) is 0. The van der Waals surface area contributed by atoms with Crippen molar-refractivity contribution in [1.29, 1.82) is 0 Å². The average Bonchev–Trinajstić information content (AvgIpc) is 2.12. The highest BCUT2D eigenvalue weighted by atomic mass is 16.3. The van der Waals surface area contributed by atoms with Crippen molar-refractivity contribution in [3.8, 4) is 12.3 Å². The Morgan fingerprint density at radius 2 is 2.38 bits per heavy atom. The Morgan fingerprint density at radius 1 is 1.69 bits per heavy atom. The van der Waals surface area contributed by atoms with Crippen molar-refractivity contribution in [2.24, 2.45) is 5.92 Å². The van der Waals surface area contributed by atoms with Crippen molar-refractivity contribution in [2.75, 3.05) is 13.2 Å². The van der Waals surface area contributed by atoms with E-state index in [0.29, 0.717) is 12.5 Å². The smallest absolute Gasteiger partial charge is 0.232 e. The van der Waals surface area contributed by atoms with Gasteiger partial charge in [-0.25, -0.2) is 0 Å². The minimum atomic E-state index is -0.0980.